The molecule has 0 aliphatic heterocycles. The number of aryl methyl sites for hydroxylation is 2. The van der Waals surface area contributed by atoms with Gasteiger partial charge in [-0.05, 0) is 19.4 Å². The Bertz CT molecular complexity index is 311. The van der Waals surface area contributed by atoms with Gasteiger partial charge < -0.3 is 10.2 Å². The van der Waals surface area contributed by atoms with Crippen LogP contribution in [0, 0.1) is 13.8 Å². The Morgan fingerprint density at radius 3 is 2.08 bits per heavy atom. The van der Waals surface area contributed by atoms with Crippen molar-refractivity contribution in [3.05, 3.63) is 34.9 Å². The Labute approximate surface area is 76.6 Å². The van der Waals surface area contributed by atoms with E-state index >= 15 is 0 Å². The van der Waals surface area contributed by atoms with Crippen molar-refractivity contribution in [2.75, 3.05) is 0 Å². The first kappa shape index (κ1) is 9.74. The maximum Gasteiger partial charge on any atom is 0.337 e. The second kappa shape index (κ2) is 3.58. The first-order valence-electron chi connectivity index (χ1n) is 4.00. The zero-order chi connectivity index (χ0) is 10.0. The van der Waals surface area contributed by atoms with Crippen molar-refractivity contribution in [3.63, 3.8) is 0 Å². The lowest BCUT2D eigenvalue weighted by Gasteiger charge is -2.07. The number of carbonyl (C=O) groups is 1. The molecule has 0 bridgehead atoms. The minimum atomic E-state index is -1.42. The fourth-order valence-corrected chi connectivity index (χ4v) is 1.31. The second-order valence-corrected chi connectivity index (χ2v) is 3.16. The average Bonchev–Trinajstić information content (AvgIpc) is 2.01. The molecule has 0 spiro atoms. The van der Waals surface area contributed by atoms with Crippen molar-refractivity contribution in [3.8, 4) is 0 Å². The van der Waals surface area contributed by atoms with E-state index in [1.54, 1.807) is 12.1 Å². The van der Waals surface area contributed by atoms with Crippen molar-refractivity contribution in [2.24, 2.45) is 0 Å². The summed E-state index contributed by atoms with van der Waals surface area (Å²) in [6, 6.07) is 5.27. The maximum absolute atomic E-state index is 10.5. The van der Waals surface area contributed by atoms with Crippen LogP contribution in [0.25, 0.3) is 0 Å². The molecule has 13 heavy (non-hydrogen) atoms. The summed E-state index contributed by atoms with van der Waals surface area (Å²) >= 11 is 0. The van der Waals surface area contributed by atoms with E-state index in [1.807, 2.05) is 19.9 Å². The van der Waals surface area contributed by atoms with E-state index in [4.69, 9.17) is 5.11 Å². The van der Waals surface area contributed by atoms with Crippen molar-refractivity contribution in [1.82, 2.24) is 0 Å². The predicted molar refractivity (Wildman–Crippen MR) is 48.5 cm³/mol. The number of hydrogen-bond donors (Lipinski definition) is 2. The zero-order valence-electron chi connectivity index (χ0n) is 7.61. The highest BCUT2D eigenvalue weighted by Gasteiger charge is 2.15. The summed E-state index contributed by atoms with van der Waals surface area (Å²) in [6.07, 6.45) is -1.42. The molecule has 0 amide bonds. The molecule has 0 saturated heterocycles. The summed E-state index contributed by atoms with van der Waals surface area (Å²) in [5.41, 5.74) is 2.34. The van der Waals surface area contributed by atoms with Crippen LogP contribution in [0.4, 0.5) is 0 Å². The predicted octanol–water partition coefficient (Wildman–Crippen LogP) is 1.42. The standard InChI is InChI=1S/C10H12O3/c1-6-3-7(2)5-8(4-6)9(11)10(12)13/h3-5,9,11H,1-2H3,(H,12,13)/t9-/m1/s1. The van der Waals surface area contributed by atoms with Gasteiger partial charge in [-0.25, -0.2) is 4.79 Å². The third-order valence-electron chi connectivity index (χ3n) is 1.79. The summed E-state index contributed by atoms with van der Waals surface area (Å²) in [4.78, 5) is 10.5. The van der Waals surface area contributed by atoms with Gasteiger partial charge in [0.05, 0.1) is 0 Å². The van der Waals surface area contributed by atoms with Crippen molar-refractivity contribution in [2.45, 2.75) is 20.0 Å². The molecule has 2 N–H and O–H groups in total. The van der Waals surface area contributed by atoms with Crippen LogP contribution in [-0.4, -0.2) is 16.2 Å². The Balaban J connectivity index is 3.07. The molecule has 1 aromatic carbocycles. The van der Waals surface area contributed by atoms with E-state index in [0.717, 1.165) is 11.1 Å². The monoisotopic (exact) mass is 180 g/mol. The van der Waals surface area contributed by atoms with E-state index in [-0.39, 0.29) is 0 Å². The Morgan fingerprint density at radius 2 is 1.69 bits per heavy atom. The van der Waals surface area contributed by atoms with Gasteiger partial charge in [0, 0.05) is 0 Å². The summed E-state index contributed by atoms with van der Waals surface area (Å²) in [5.74, 6) is -1.22. The minimum Gasteiger partial charge on any atom is -0.479 e. The van der Waals surface area contributed by atoms with Crippen LogP contribution in [-0.2, 0) is 4.79 Å². The molecule has 0 saturated carbocycles. The largest absolute Gasteiger partial charge is 0.479 e. The molecule has 1 atom stereocenters. The number of carboxylic acid groups (broad SMARTS) is 1. The molecule has 3 nitrogen and oxygen atoms in total. The molecule has 70 valence electrons. The number of aliphatic hydroxyl groups excluding tert-OH is 1. The Morgan fingerprint density at radius 1 is 1.23 bits per heavy atom. The first-order chi connectivity index (χ1) is 6.00. The van der Waals surface area contributed by atoms with Gasteiger partial charge in [-0.3, -0.25) is 0 Å². The molecule has 3 heteroatoms. The van der Waals surface area contributed by atoms with Gasteiger partial charge in [0.15, 0.2) is 6.10 Å². The molecule has 1 aromatic rings. The molecule has 0 aliphatic carbocycles. The van der Waals surface area contributed by atoms with Gasteiger partial charge >= 0.3 is 5.97 Å². The fourth-order valence-electron chi connectivity index (χ4n) is 1.31. The summed E-state index contributed by atoms with van der Waals surface area (Å²) < 4.78 is 0. The lowest BCUT2D eigenvalue weighted by atomic mass is 10.0. The normalized spacial score (nSPS) is 12.5. The molecule has 0 heterocycles. The van der Waals surface area contributed by atoms with Crippen LogP contribution >= 0.6 is 0 Å². The quantitative estimate of drug-likeness (QED) is 0.723. The third kappa shape index (κ3) is 2.29. The van der Waals surface area contributed by atoms with Crippen LogP contribution < -0.4 is 0 Å². The second-order valence-electron chi connectivity index (χ2n) is 3.16. The van der Waals surface area contributed by atoms with Crippen LogP contribution in [0.3, 0.4) is 0 Å². The van der Waals surface area contributed by atoms with E-state index in [0.29, 0.717) is 5.56 Å². The van der Waals surface area contributed by atoms with Gasteiger partial charge in [0.1, 0.15) is 0 Å². The summed E-state index contributed by atoms with van der Waals surface area (Å²) in [5, 5.41) is 17.8. The summed E-state index contributed by atoms with van der Waals surface area (Å²) in [7, 11) is 0. The minimum absolute atomic E-state index is 0.435. The van der Waals surface area contributed by atoms with E-state index in [2.05, 4.69) is 0 Å². The van der Waals surface area contributed by atoms with Gasteiger partial charge in [0.25, 0.3) is 0 Å². The molecule has 1 rings (SSSR count). The highest BCUT2D eigenvalue weighted by atomic mass is 16.4. The number of aliphatic carboxylic acids is 1. The lowest BCUT2D eigenvalue weighted by molar-refractivity contribution is -0.146. The molecule has 0 fully saturated rings. The number of benzene rings is 1. The lowest BCUT2D eigenvalue weighted by Crippen LogP contribution is -2.10. The van der Waals surface area contributed by atoms with Crippen LogP contribution in [0.5, 0.6) is 0 Å². The maximum atomic E-state index is 10.5. The van der Waals surface area contributed by atoms with Crippen molar-refractivity contribution < 1.29 is 15.0 Å². The topological polar surface area (TPSA) is 57.5 Å². The Kier molecular flexibility index (Phi) is 2.68. The number of rotatable bonds is 2. The number of carboxylic acids is 1. The highest BCUT2D eigenvalue weighted by molar-refractivity contribution is 5.74. The van der Waals surface area contributed by atoms with Gasteiger partial charge in [-0.15, -0.1) is 0 Å². The van der Waals surface area contributed by atoms with Crippen LogP contribution in [0.1, 0.15) is 22.8 Å². The van der Waals surface area contributed by atoms with Crippen molar-refractivity contribution >= 4 is 5.97 Å². The number of hydrogen-bond acceptors (Lipinski definition) is 2. The van der Waals surface area contributed by atoms with Crippen molar-refractivity contribution in [1.29, 1.82) is 0 Å². The van der Waals surface area contributed by atoms with E-state index in [9.17, 15) is 9.90 Å². The van der Waals surface area contributed by atoms with E-state index in [1.165, 1.54) is 0 Å². The molecule has 0 unspecified atom stereocenters. The zero-order valence-corrected chi connectivity index (χ0v) is 7.61. The third-order valence-corrected chi connectivity index (χ3v) is 1.79. The smallest absolute Gasteiger partial charge is 0.337 e. The average molecular weight is 180 g/mol. The Hall–Kier alpha value is -1.35. The first-order valence-corrected chi connectivity index (χ1v) is 4.00. The summed E-state index contributed by atoms with van der Waals surface area (Å²) in [6.45, 7) is 3.73. The molecule has 0 aliphatic rings. The molecular weight excluding hydrogens is 168 g/mol. The fraction of sp³-hybridized carbons (Fsp3) is 0.300. The van der Waals surface area contributed by atoms with E-state index < -0.39 is 12.1 Å². The van der Waals surface area contributed by atoms with Gasteiger partial charge in [0.2, 0.25) is 0 Å². The van der Waals surface area contributed by atoms with Gasteiger partial charge in [-0.1, -0.05) is 29.3 Å². The van der Waals surface area contributed by atoms with Crippen LogP contribution in [0.2, 0.25) is 0 Å². The molecular formula is C10H12O3. The van der Waals surface area contributed by atoms with Crippen LogP contribution in [0.15, 0.2) is 18.2 Å². The SMILES string of the molecule is Cc1cc(C)cc([C@@H](O)C(=O)O)c1. The highest BCUT2D eigenvalue weighted by Crippen LogP contribution is 2.16. The van der Waals surface area contributed by atoms with Gasteiger partial charge in [-0.2, -0.15) is 0 Å². The molecule has 0 radical (unpaired) electrons. The molecule has 0 aromatic heterocycles. The number of aliphatic hydroxyl groups is 1.